The van der Waals surface area contributed by atoms with E-state index in [1.807, 2.05) is 37.3 Å². The summed E-state index contributed by atoms with van der Waals surface area (Å²) in [5.74, 6) is -0.258. The van der Waals surface area contributed by atoms with Gasteiger partial charge in [0.05, 0.1) is 7.11 Å². The number of ether oxygens (including phenoxy) is 1. The number of carbonyl (C=O) groups is 2. The van der Waals surface area contributed by atoms with Gasteiger partial charge in [-0.1, -0.05) is 37.3 Å². The van der Waals surface area contributed by atoms with Gasteiger partial charge in [0.15, 0.2) is 11.5 Å². The molecule has 1 aliphatic rings. The van der Waals surface area contributed by atoms with Crippen LogP contribution < -0.4 is 0 Å². The van der Waals surface area contributed by atoms with Crippen molar-refractivity contribution in [3.63, 3.8) is 0 Å². The zero-order valence-corrected chi connectivity index (χ0v) is 11.1. The Labute approximate surface area is 112 Å². The number of hydrogen-bond acceptors (Lipinski definition) is 3. The van der Waals surface area contributed by atoms with Crippen LogP contribution in [0.4, 0.5) is 0 Å². The molecule has 3 nitrogen and oxygen atoms in total. The predicted octanol–water partition coefficient (Wildman–Crippen LogP) is 2.47. The molecule has 0 aromatic heterocycles. The molecular weight excluding hydrogens is 240 g/mol. The van der Waals surface area contributed by atoms with Crippen LogP contribution in [0.5, 0.6) is 0 Å². The lowest BCUT2D eigenvalue weighted by atomic mass is 9.87. The molecular formula is C16H16O3. The minimum atomic E-state index is -0.239. The smallest absolute Gasteiger partial charge is 0.220 e. The van der Waals surface area contributed by atoms with E-state index in [4.69, 9.17) is 4.74 Å². The Balaban J connectivity index is 2.15. The molecule has 0 heterocycles. The zero-order valence-electron chi connectivity index (χ0n) is 11.1. The Bertz CT molecular complexity index is 553. The largest absolute Gasteiger partial charge is 0.493 e. The van der Waals surface area contributed by atoms with Gasteiger partial charge in [0.1, 0.15) is 0 Å². The topological polar surface area (TPSA) is 43.4 Å². The fraction of sp³-hybridized carbons (Fsp3) is 0.250. The van der Waals surface area contributed by atoms with E-state index < -0.39 is 0 Å². The highest BCUT2D eigenvalue weighted by molar-refractivity contribution is 6.19. The molecule has 0 amide bonds. The van der Waals surface area contributed by atoms with Crippen LogP contribution >= 0.6 is 0 Å². The van der Waals surface area contributed by atoms with Gasteiger partial charge in [0.25, 0.3) is 0 Å². The third-order valence-corrected chi connectivity index (χ3v) is 3.21. The van der Waals surface area contributed by atoms with E-state index in [2.05, 4.69) is 0 Å². The van der Waals surface area contributed by atoms with Gasteiger partial charge in [0.2, 0.25) is 5.78 Å². The summed E-state index contributed by atoms with van der Waals surface area (Å²) in [5, 5.41) is 0. The number of allylic oxidation sites excluding steroid dienone is 3. The minimum Gasteiger partial charge on any atom is -0.493 e. The molecule has 2 rings (SSSR count). The quantitative estimate of drug-likeness (QED) is 0.777. The lowest BCUT2D eigenvalue weighted by Gasteiger charge is -2.17. The molecule has 0 saturated heterocycles. The summed E-state index contributed by atoms with van der Waals surface area (Å²) in [6, 6.07) is 9.92. The molecule has 0 spiro atoms. The Kier molecular flexibility index (Phi) is 3.95. The first-order chi connectivity index (χ1) is 9.11. The molecule has 0 radical (unpaired) electrons. The average Bonchev–Trinajstić information content (AvgIpc) is 2.42. The SMILES string of the molecule is COC1=CC(=O)C([C@@H](C)Cc2ccccc2)=CC1=O. The number of hydrogen-bond donors (Lipinski definition) is 0. The maximum atomic E-state index is 12.0. The number of benzene rings is 1. The van der Waals surface area contributed by atoms with E-state index in [9.17, 15) is 9.59 Å². The summed E-state index contributed by atoms with van der Waals surface area (Å²) in [4.78, 5) is 23.7. The van der Waals surface area contributed by atoms with Crippen molar-refractivity contribution in [2.75, 3.05) is 7.11 Å². The molecule has 0 unspecified atom stereocenters. The maximum absolute atomic E-state index is 12.0. The van der Waals surface area contributed by atoms with Crippen molar-refractivity contribution in [1.82, 2.24) is 0 Å². The Morgan fingerprint density at radius 3 is 2.37 bits per heavy atom. The van der Waals surface area contributed by atoms with E-state index in [1.165, 1.54) is 19.3 Å². The van der Waals surface area contributed by atoms with E-state index in [0.717, 1.165) is 12.0 Å². The first-order valence-electron chi connectivity index (χ1n) is 6.21. The molecule has 0 bridgehead atoms. The highest BCUT2D eigenvalue weighted by Crippen LogP contribution is 2.22. The molecule has 0 aliphatic heterocycles. The Morgan fingerprint density at radius 1 is 1.05 bits per heavy atom. The van der Waals surface area contributed by atoms with Crippen molar-refractivity contribution < 1.29 is 14.3 Å². The van der Waals surface area contributed by atoms with Gasteiger partial charge in [0, 0.05) is 11.6 Å². The van der Waals surface area contributed by atoms with Gasteiger partial charge in [-0.3, -0.25) is 9.59 Å². The van der Waals surface area contributed by atoms with Crippen molar-refractivity contribution in [2.45, 2.75) is 13.3 Å². The van der Waals surface area contributed by atoms with E-state index >= 15 is 0 Å². The predicted molar refractivity (Wildman–Crippen MR) is 72.5 cm³/mol. The van der Waals surface area contributed by atoms with Gasteiger partial charge in [-0.25, -0.2) is 0 Å². The lowest BCUT2D eigenvalue weighted by Crippen LogP contribution is -2.19. The minimum absolute atomic E-state index is 0.00788. The maximum Gasteiger partial charge on any atom is 0.220 e. The molecule has 1 aromatic rings. The summed E-state index contributed by atoms with van der Waals surface area (Å²) in [6.45, 7) is 1.95. The van der Waals surface area contributed by atoms with Crippen LogP contribution in [-0.2, 0) is 20.7 Å². The molecule has 3 heteroatoms. The van der Waals surface area contributed by atoms with Gasteiger partial charge < -0.3 is 4.74 Å². The monoisotopic (exact) mass is 256 g/mol. The second-order valence-electron chi connectivity index (χ2n) is 4.63. The van der Waals surface area contributed by atoms with Crippen molar-refractivity contribution in [3.05, 3.63) is 59.4 Å². The fourth-order valence-electron chi connectivity index (χ4n) is 2.18. The first kappa shape index (κ1) is 13.3. The molecule has 0 N–H and O–H groups in total. The van der Waals surface area contributed by atoms with Gasteiger partial charge in [-0.15, -0.1) is 0 Å². The van der Waals surface area contributed by atoms with Crippen LogP contribution in [0.3, 0.4) is 0 Å². The number of methoxy groups -OCH3 is 1. The van der Waals surface area contributed by atoms with Crippen LogP contribution in [0.2, 0.25) is 0 Å². The second-order valence-corrected chi connectivity index (χ2v) is 4.63. The lowest BCUT2D eigenvalue weighted by molar-refractivity contribution is -0.117. The standard InChI is InChI=1S/C16H16O3/c1-11(8-12-6-4-3-5-7-12)13-9-15(18)16(19-2)10-14(13)17/h3-7,9-11H,8H2,1-2H3/t11-/m0/s1. The van der Waals surface area contributed by atoms with E-state index in [1.54, 1.807) is 0 Å². The van der Waals surface area contributed by atoms with Gasteiger partial charge in [-0.2, -0.15) is 0 Å². The van der Waals surface area contributed by atoms with Crippen LogP contribution in [0, 0.1) is 5.92 Å². The van der Waals surface area contributed by atoms with Crippen LogP contribution in [-0.4, -0.2) is 18.7 Å². The summed E-state index contributed by atoms with van der Waals surface area (Å²) in [5.41, 5.74) is 1.70. The van der Waals surface area contributed by atoms with Crippen LogP contribution in [0.15, 0.2) is 53.8 Å². The zero-order chi connectivity index (χ0) is 13.8. The third kappa shape index (κ3) is 2.99. The summed E-state index contributed by atoms with van der Waals surface area (Å²) < 4.78 is 4.87. The molecule has 1 atom stereocenters. The fourth-order valence-corrected chi connectivity index (χ4v) is 2.18. The van der Waals surface area contributed by atoms with E-state index in [0.29, 0.717) is 5.57 Å². The van der Waals surface area contributed by atoms with Gasteiger partial charge in [-0.05, 0) is 24.0 Å². The molecule has 0 fully saturated rings. The van der Waals surface area contributed by atoms with Crippen LogP contribution in [0.25, 0.3) is 0 Å². The van der Waals surface area contributed by atoms with Gasteiger partial charge >= 0.3 is 0 Å². The Morgan fingerprint density at radius 2 is 1.74 bits per heavy atom. The summed E-state index contributed by atoms with van der Waals surface area (Å²) in [6.07, 6.45) is 3.41. The molecule has 98 valence electrons. The first-order valence-corrected chi connectivity index (χ1v) is 6.21. The van der Waals surface area contributed by atoms with Crippen molar-refractivity contribution in [1.29, 1.82) is 0 Å². The second kappa shape index (κ2) is 5.65. The molecule has 1 aliphatic carbocycles. The third-order valence-electron chi connectivity index (χ3n) is 3.21. The Hall–Kier alpha value is -2.16. The van der Waals surface area contributed by atoms with Crippen LogP contribution in [0.1, 0.15) is 12.5 Å². The summed E-state index contributed by atoms with van der Waals surface area (Å²) in [7, 11) is 1.39. The molecule has 1 aromatic carbocycles. The summed E-state index contributed by atoms with van der Waals surface area (Å²) >= 11 is 0. The normalized spacial score (nSPS) is 16.7. The van der Waals surface area contributed by atoms with Crippen molar-refractivity contribution in [2.24, 2.45) is 5.92 Å². The molecule has 19 heavy (non-hydrogen) atoms. The highest BCUT2D eigenvalue weighted by Gasteiger charge is 2.24. The number of ketones is 2. The average molecular weight is 256 g/mol. The van der Waals surface area contributed by atoms with E-state index in [-0.39, 0.29) is 23.2 Å². The molecule has 0 saturated carbocycles. The van der Waals surface area contributed by atoms with Crippen molar-refractivity contribution in [3.8, 4) is 0 Å². The highest BCUT2D eigenvalue weighted by atomic mass is 16.5. The van der Waals surface area contributed by atoms with Crippen molar-refractivity contribution >= 4 is 11.6 Å². The number of carbonyl (C=O) groups excluding carboxylic acids is 2. The number of rotatable bonds is 4.